The molecular formula is C2H5FeO3P. The minimum absolute atomic E-state index is 0. The van der Waals surface area contributed by atoms with Crippen LogP contribution in [0.15, 0.2) is 0 Å². The summed E-state index contributed by atoms with van der Waals surface area (Å²) >= 11 is 0. The Labute approximate surface area is 52.8 Å². The molecule has 0 saturated heterocycles. The predicted octanol–water partition coefficient (Wildman–Crippen LogP) is -1.08. The summed E-state index contributed by atoms with van der Waals surface area (Å²) in [5, 5.41) is 0. The van der Waals surface area contributed by atoms with Crippen LogP contribution in [0.2, 0.25) is 0 Å². The van der Waals surface area contributed by atoms with Crippen LogP contribution in [0.3, 0.4) is 0 Å². The second-order valence-electron chi connectivity index (χ2n) is 0.927. The largest absolute Gasteiger partial charge is 2.00 e. The van der Waals surface area contributed by atoms with Crippen LogP contribution in [0.5, 0.6) is 0 Å². The molecule has 0 aromatic rings. The van der Waals surface area contributed by atoms with Crippen LogP contribution in [0.4, 0.5) is 0 Å². The van der Waals surface area contributed by atoms with Gasteiger partial charge in [-0.15, -0.1) is 0 Å². The molecule has 0 aliphatic heterocycles. The first kappa shape index (κ1) is 10.6. The SMILES string of the molecule is CCP(=O)([O-])[O-].[Fe+2]. The van der Waals surface area contributed by atoms with Gasteiger partial charge in [0, 0.05) is 0 Å². The fourth-order valence-corrected chi connectivity index (χ4v) is 0. The van der Waals surface area contributed by atoms with E-state index in [0.29, 0.717) is 0 Å². The second-order valence-corrected chi connectivity index (χ2v) is 2.78. The van der Waals surface area contributed by atoms with E-state index in [9.17, 15) is 14.4 Å². The summed E-state index contributed by atoms with van der Waals surface area (Å²) in [7, 11) is -4.15. The smallest absolute Gasteiger partial charge is 0.811 e. The van der Waals surface area contributed by atoms with E-state index in [0.717, 1.165) is 0 Å². The van der Waals surface area contributed by atoms with Gasteiger partial charge in [-0.3, -0.25) is 0 Å². The average Bonchev–Trinajstić information content (AvgIpc) is 1.35. The third-order valence-corrected chi connectivity index (χ3v) is 1.16. The van der Waals surface area contributed by atoms with Crippen molar-refractivity contribution in [1.29, 1.82) is 0 Å². The molecule has 0 atom stereocenters. The first-order chi connectivity index (χ1) is 2.56. The molecule has 0 saturated carbocycles. The third-order valence-electron chi connectivity index (χ3n) is 0.387. The Bertz CT molecular complexity index is 77.0. The Balaban J connectivity index is 0. The Morgan fingerprint density at radius 2 is 1.71 bits per heavy atom. The second kappa shape index (κ2) is 3.64. The van der Waals surface area contributed by atoms with Gasteiger partial charge in [0.15, 0.2) is 0 Å². The van der Waals surface area contributed by atoms with Gasteiger partial charge in [-0.2, -0.15) is 0 Å². The molecule has 0 rings (SSSR count). The minimum atomic E-state index is -4.15. The van der Waals surface area contributed by atoms with Gasteiger partial charge in [-0.25, -0.2) is 0 Å². The van der Waals surface area contributed by atoms with E-state index in [-0.39, 0.29) is 23.2 Å². The van der Waals surface area contributed by atoms with Crippen molar-refractivity contribution in [1.82, 2.24) is 0 Å². The predicted molar refractivity (Wildman–Crippen MR) is 18.1 cm³/mol. The van der Waals surface area contributed by atoms with Gasteiger partial charge in [0.05, 0.1) is 0 Å². The molecule has 3 nitrogen and oxygen atoms in total. The number of rotatable bonds is 1. The van der Waals surface area contributed by atoms with Crippen molar-refractivity contribution in [2.75, 3.05) is 6.16 Å². The molecule has 0 N–H and O–H groups in total. The monoisotopic (exact) mass is 164 g/mol. The zero-order chi connectivity index (χ0) is 5.21. The van der Waals surface area contributed by atoms with Crippen molar-refractivity contribution in [2.45, 2.75) is 6.92 Å². The Kier molecular flexibility index (Phi) is 5.53. The molecule has 0 spiro atoms. The van der Waals surface area contributed by atoms with Gasteiger partial charge in [0.25, 0.3) is 0 Å². The van der Waals surface area contributed by atoms with Gasteiger partial charge < -0.3 is 14.4 Å². The molecular weight excluding hydrogens is 159 g/mol. The van der Waals surface area contributed by atoms with Crippen LogP contribution in [-0.4, -0.2) is 6.16 Å². The van der Waals surface area contributed by atoms with Crippen LogP contribution in [-0.2, 0) is 21.6 Å². The zero-order valence-electron chi connectivity index (χ0n) is 3.73. The molecule has 0 heterocycles. The fourth-order valence-electron chi connectivity index (χ4n) is 0. The van der Waals surface area contributed by atoms with Crippen LogP contribution in [0.25, 0.3) is 0 Å². The van der Waals surface area contributed by atoms with E-state index in [1.165, 1.54) is 6.92 Å². The molecule has 0 amide bonds. The van der Waals surface area contributed by atoms with Crippen molar-refractivity contribution in [3.8, 4) is 0 Å². The van der Waals surface area contributed by atoms with Crippen molar-refractivity contribution in [2.24, 2.45) is 0 Å². The van der Waals surface area contributed by atoms with E-state index in [2.05, 4.69) is 0 Å². The topological polar surface area (TPSA) is 63.2 Å². The number of hydrogen-bond acceptors (Lipinski definition) is 3. The number of hydrogen-bond donors (Lipinski definition) is 0. The van der Waals surface area contributed by atoms with Crippen LogP contribution >= 0.6 is 7.60 Å². The van der Waals surface area contributed by atoms with Crippen LogP contribution in [0.1, 0.15) is 6.92 Å². The molecule has 0 bridgehead atoms. The summed E-state index contributed by atoms with van der Waals surface area (Å²) in [6, 6.07) is 0. The summed E-state index contributed by atoms with van der Waals surface area (Å²) in [5.74, 6) is 0. The fraction of sp³-hybridized carbons (Fsp3) is 1.00. The summed E-state index contributed by atoms with van der Waals surface area (Å²) < 4.78 is 9.47. The zero-order valence-corrected chi connectivity index (χ0v) is 5.73. The van der Waals surface area contributed by atoms with Crippen LogP contribution < -0.4 is 9.79 Å². The molecule has 7 heavy (non-hydrogen) atoms. The van der Waals surface area contributed by atoms with Crippen molar-refractivity contribution in [3.05, 3.63) is 0 Å². The molecule has 0 unspecified atom stereocenters. The van der Waals surface area contributed by atoms with Gasteiger partial charge >= 0.3 is 17.1 Å². The Hall–Kier alpha value is 0.669. The van der Waals surface area contributed by atoms with Gasteiger partial charge in [0.2, 0.25) is 0 Å². The van der Waals surface area contributed by atoms with Crippen molar-refractivity contribution < 1.29 is 31.4 Å². The quantitative estimate of drug-likeness (QED) is 0.365. The van der Waals surface area contributed by atoms with E-state index < -0.39 is 7.60 Å². The summed E-state index contributed by atoms with van der Waals surface area (Å²) in [4.78, 5) is 18.9. The van der Waals surface area contributed by atoms with E-state index in [4.69, 9.17) is 0 Å². The summed E-state index contributed by atoms with van der Waals surface area (Å²) in [6.45, 7) is 1.32. The molecule has 0 aliphatic rings. The molecule has 0 aliphatic carbocycles. The Morgan fingerprint density at radius 1 is 1.57 bits per heavy atom. The van der Waals surface area contributed by atoms with Crippen molar-refractivity contribution in [3.63, 3.8) is 0 Å². The van der Waals surface area contributed by atoms with E-state index in [1.807, 2.05) is 0 Å². The Morgan fingerprint density at radius 3 is 1.71 bits per heavy atom. The van der Waals surface area contributed by atoms with E-state index >= 15 is 0 Å². The standard InChI is InChI=1S/C2H7O3P.Fe/c1-2-6(3,4)5;/h2H2,1H3,(H2,3,4,5);/q;+2/p-2. The van der Waals surface area contributed by atoms with Gasteiger partial charge in [-0.05, 0) is 6.16 Å². The average molecular weight is 164 g/mol. The molecule has 0 aromatic heterocycles. The molecule has 0 aromatic carbocycles. The maximum absolute atomic E-state index is 9.47. The molecule has 0 fully saturated rings. The van der Waals surface area contributed by atoms with Gasteiger partial charge in [-0.1, -0.05) is 14.5 Å². The molecule has 5 heteroatoms. The third kappa shape index (κ3) is 10.8. The summed E-state index contributed by atoms with van der Waals surface area (Å²) in [5.41, 5.74) is 0. The first-order valence-electron chi connectivity index (χ1n) is 1.57. The maximum Gasteiger partial charge on any atom is 2.00 e. The van der Waals surface area contributed by atoms with Gasteiger partial charge in [0.1, 0.15) is 0 Å². The molecule has 44 valence electrons. The summed E-state index contributed by atoms with van der Waals surface area (Å²) in [6.07, 6.45) is -0.285. The normalized spacial score (nSPS) is 10.1. The maximum atomic E-state index is 9.47. The van der Waals surface area contributed by atoms with Crippen LogP contribution in [0, 0.1) is 0 Å². The van der Waals surface area contributed by atoms with Crippen molar-refractivity contribution >= 4 is 7.60 Å². The van der Waals surface area contributed by atoms with E-state index in [1.54, 1.807) is 0 Å². The molecule has 0 radical (unpaired) electrons. The first-order valence-corrected chi connectivity index (χ1v) is 3.30. The minimum Gasteiger partial charge on any atom is -0.811 e.